The second kappa shape index (κ2) is 8.04. The minimum Gasteiger partial charge on any atom is -0.374 e. The highest BCUT2D eigenvalue weighted by molar-refractivity contribution is 6.36. The van der Waals surface area contributed by atoms with Gasteiger partial charge in [0.2, 0.25) is 5.91 Å². The van der Waals surface area contributed by atoms with E-state index in [1.807, 2.05) is 0 Å². The molecule has 1 atom stereocenters. The van der Waals surface area contributed by atoms with Crippen molar-refractivity contribution in [1.29, 1.82) is 0 Å². The average molecular weight is 366 g/mol. The molecular formula is C17H17Cl2N3O2. The van der Waals surface area contributed by atoms with Crippen LogP contribution >= 0.6 is 23.2 Å². The Kier molecular flexibility index (Phi) is 6.06. The number of carbonyl (C=O) groups excluding carboxylic acids is 2. The lowest BCUT2D eigenvalue weighted by Gasteiger charge is -2.16. The van der Waals surface area contributed by atoms with Crippen LogP contribution in [0.5, 0.6) is 0 Å². The molecular weight excluding hydrogens is 349 g/mol. The first kappa shape index (κ1) is 18.1. The minimum absolute atomic E-state index is 0.191. The van der Waals surface area contributed by atoms with Crippen LogP contribution in [0.4, 0.5) is 11.4 Å². The summed E-state index contributed by atoms with van der Waals surface area (Å²) in [5, 5.41) is 9.20. The molecule has 2 rings (SSSR count). The lowest BCUT2D eigenvalue weighted by Crippen LogP contribution is -2.32. The fourth-order valence-electron chi connectivity index (χ4n) is 2.04. The van der Waals surface area contributed by atoms with Gasteiger partial charge in [0.15, 0.2) is 0 Å². The fourth-order valence-corrected chi connectivity index (χ4v) is 2.50. The van der Waals surface area contributed by atoms with Crippen LogP contribution in [0.2, 0.25) is 10.0 Å². The molecule has 2 aromatic rings. The van der Waals surface area contributed by atoms with Crippen molar-refractivity contribution in [3.05, 3.63) is 58.1 Å². The Morgan fingerprint density at radius 3 is 2.50 bits per heavy atom. The van der Waals surface area contributed by atoms with E-state index >= 15 is 0 Å². The van der Waals surface area contributed by atoms with Gasteiger partial charge in [0, 0.05) is 23.3 Å². The summed E-state index contributed by atoms with van der Waals surface area (Å²) in [7, 11) is 1.56. The van der Waals surface area contributed by atoms with E-state index in [1.165, 1.54) is 0 Å². The second-order valence-corrected chi connectivity index (χ2v) is 5.98. The maximum Gasteiger partial charge on any atom is 0.251 e. The van der Waals surface area contributed by atoms with Crippen molar-refractivity contribution in [2.75, 3.05) is 17.7 Å². The van der Waals surface area contributed by atoms with Crippen LogP contribution in [0.3, 0.4) is 0 Å². The Morgan fingerprint density at radius 1 is 1.08 bits per heavy atom. The van der Waals surface area contributed by atoms with E-state index < -0.39 is 6.04 Å². The molecule has 0 spiro atoms. The van der Waals surface area contributed by atoms with E-state index in [4.69, 9.17) is 23.2 Å². The maximum atomic E-state index is 12.3. The number of hydrogen-bond acceptors (Lipinski definition) is 3. The van der Waals surface area contributed by atoms with E-state index in [2.05, 4.69) is 16.0 Å². The maximum absolute atomic E-state index is 12.3. The zero-order chi connectivity index (χ0) is 17.7. The second-order valence-electron chi connectivity index (χ2n) is 5.14. The van der Waals surface area contributed by atoms with Crippen molar-refractivity contribution >= 4 is 46.4 Å². The van der Waals surface area contributed by atoms with Gasteiger partial charge in [0.1, 0.15) is 6.04 Å². The van der Waals surface area contributed by atoms with Crippen LogP contribution in [0.25, 0.3) is 0 Å². The van der Waals surface area contributed by atoms with Gasteiger partial charge in [-0.15, -0.1) is 0 Å². The Balaban J connectivity index is 2.05. The van der Waals surface area contributed by atoms with Crippen molar-refractivity contribution in [2.24, 2.45) is 0 Å². The summed E-state index contributed by atoms with van der Waals surface area (Å²) in [4.78, 5) is 23.9. The number of benzene rings is 2. The summed E-state index contributed by atoms with van der Waals surface area (Å²) in [5.74, 6) is -0.451. The first-order valence-electron chi connectivity index (χ1n) is 7.25. The molecule has 0 heterocycles. The molecule has 24 heavy (non-hydrogen) atoms. The molecule has 0 aliphatic heterocycles. The highest BCUT2D eigenvalue weighted by atomic mass is 35.5. The summed E-state index contributed by atoms with van der Waals surface area (Å²) < 4.78 is 0. The molecule has 2 aromatic carbocycles. The standard InChI is InChI=1S/C17H17Cl2N3O2/c1-10(16(23)22-15-7-6-12(18)9-14(15)19)21-13-5-3-4-11(8-13)17(24)20-2/h3-10,21H,1-2H3,(H,20,24)(H,22,23)/t10-/m1/s1. The lowest BCUT2D eigenvalue weighted by molar-refractivity contribution is -0.116. The fraction of sp³-hybridized carbons (Fsp3) is 0.176. The largest absolute Gasteiger partial charge is 0.374 e. The summed E-state index contributed by atoms with van der Waals surface area (Å²) in [5.41, 5.74) is 1.66. The van der Waals surface area contributed by atoms with E-state index in [-0.39, 0.29) is 11.8 Å². The molecule has 7 heteroatoms. The molecule has 3 N–H and O–H groups in total. The Labute approximate surface area is 150 Å². The summed E-state index contributed by atoms with van der Waals surface area (Å²) in [6, 6.07) is 11.2. The minimum atomic E-state index is -0.531. The molecule has 0 aliphatic carbocycles. The van der Waals surface area contributed by atoms with Crippen molar-refractivity contribution in [3.63, 3.8) is 0 Å². The highest BCUT2D eigenvalue weighted by Gasteiger charge is 2.15. The van der Waals surface area contributed by atoms with Gasteiger partial charge in [-0.1, -0.05) is 29.3 Å². The molecule has 0 bridgehead atoms. The van der Waals surface area contributed by atoms with Crippen LogP contribution in [-0.2, 0) is 4.79 Å². The average Bonchev–Trinajstić information content (AvgIpc) is 2.56. The van der Waals surface area contributed by atoms with Crippen LogP contribution < -0.4 is 16.0 Å². The van der Waals surface area contributed by atoms with Gasteiger partial charge in [-0.25, -0.2) is 0 Å². The topological polar surface area (TPSA) is 70.2 Å². The first-order chi connectivity index (χ1) is 11.4. The van der Waals surface area contributed by atoms with Gasteiger partial charge in [-0.2, -0.15) is 0 Å². The van der Waals surface area contributed by atoms with Gasteiger partial charge in [0.25, 0.3) is 5.91 Å². The van der Waals surface area contributed by atoms with Gasteiger partial charge < -0.3 is 16.0 Å². The van der Waals surface area contributed by atoms with Crippen LogP contribution in [-0.4, -0.2) is 24.9 Å². The van der Waals surface area contributed by atoms with Crippen LogP contribution in [0, 0.1) is 0 Å². The smallest absolute Gasteiger partial charge is 0.251 e. The zero-order valence-corrected chi connectivity index (χ0v) is 14.7. The van der Waals surface area contributed by atoms with Crippen molar-refractivity contribution < 1.29 is 9.59 Å². The van der Waals surface area contributed by atoms with E-state index in [0.29, 0.717) is 27.0 Å². The molecule has 0 aromatic heterocycles. The quantitative estimate of drug-likeness (QED) is 0.754. The monoisotopic (exact) mass is 365 g/mol. The van der Waals surface area contributed by atoms with E-state index in [1.54, 1.807) is 56.4 Å². The molecule has 5 nitrogen and oxygen atoms in total. The number of nitrogens with one attached hydrogen (secondary N) is 3. The predicted octanol–water partition coefficient (Wildman–Crippen LogP) is 3.79. The molecule has 0 radical (unpaired) electrons. The third kappa shape index (κ3) is 4.63. The third-order valence-corrected chi connectivity index (χ3v) is 3.87. The third-order valence-electron chi connectivity index (χ3n) is 3.32. The molecule has 0 saturated heterocycles. The van der Waals surface area contributed by atoms with Crippen molar-refractivity contribution in [3.8, 4) is 0 Å². The number of amides is 2. The number of carbonyl (C=O) groups is 2. The Bertz CT molecular complexity index is 765. The van der Waals surface area contributed by atoms with Gasteiger partial charge in [-0.3, -0.25) is 9.59 Å². The van der Waals surface area contributed by atoms with Gasteiger partial charge >= 0.3 is 0 Å². The van der Waals surface area contributed by atoms with Crippen LogP contribution in [0.15, 0.2) is 42.5 Å². The highest BCUT2D eigenvalue weighted by Crippen LogP contribution is 2.25. The predicted molar refractivity (Wildman–Crippen MR) is 98.0 cm³/mol. The summed E-state index contributed by atoms with van der Waals surface area (Å²) >= 11 is 11.9. The molecule has 0 aliphatic rings. The number of hydrogen-bond donors (Lipinski definition) is 3. The van der Waals surface area contributed by atoms with Crippen molar-refractivity contribution in [1.82, 2.24) is 5.32 Å². The molecule has 0 fully saturated rings. The molecule has 0 saturated carbocycles. The first-order valence-corrected chi connectivity index (χ1v) is 8.01. The van der Waals surface area contributed by atoms with Crippen molar-refractivity contribution in [2.45, 2.75) is 13.0 Å². The molecule has 2 amide bonds. The zero-order valence-electron chi connectivity index (χ0n) is 13.2. The Morgan fingerprint density at radius 2 is 1.83 bits per heavy atom. The summed E-state index contributed by atoms with van der Waals surface area (Å²) in [6.45, 7) is 1.71. The van der Waals surface area contributed by atoms with E-state index in [9.17, 15) is 9.59 Å². The van der Waals surface area contributed by atoms with Crippen LogP contribution in [0.1, 0.15) is 17.3 Å². The molecule has 0 unspecified atom stereocenters. The van der Waals surface area contributed by atoms with Gasteiger partial charge in [-0.05, 0) is 43.3 Å². The van der Waals surface area contributed by atoms with E-state index in [0.717, 1.165) is 0 Å². The Hall–Kier alpha value is -2.24. The molecule has 126 valence electrons. The normalized spacial score (nSPS) is 11.5. The number of halogens is 2. The SMILES string of the molecule is CNC(=O)c1cccc(N[C@H](C)C(=O)Nc2ccc(Cl)cc2Cl)c1. The lowest BCUT2D eigenvalue weighted by atomic mass is 10.1. The number of rotatable bonds is 5. The summed E-state index contributed by atoms with van der Waals surface area (Å²) in [6.07, 6.45) is 0. The number of anilines is 2. The van der Waals surface area contributed by atoms with Gasteiger partial charge in [0.05, 0.1) is 10.7 Å².